The fourth-order valence-corrected chi connectivity index (χ4v) is 0.964. The van der Waals surface area contributed by atoms with Crippen molar-refractivity contribution in [2.24, 2.45) is 0 Å². The van der Waals surface area contributed by atoms with Crippen LogP contribution in [0.2, 0.25) is 0 Å². The van der Waals surface area contributed by atoms with E-state index >= 15 is 0 Å². The standard InChI is InChI=1S/C11H13N3O/c1-3-4-5-6-12-11(15)10-8-13-9(2)7-14-10/h7-8H,5-6H2,1-2H3,(H,12,15). The zero-order valence-electron chi connectivity index (χ0n) is 8.87. The van der Waals surface area contributed by atoms with Crippen molar-refractivity contribution in [1.29, 1.82) is 0 Å². The van der Waals surface area contributed by atoms with Crippen LogP contribution in [-0.2, 0) is 0 Å². The van der Waals surface area contributed by atoms with Crippen LogP contribution >= 0.6 is 0 Å². The van der Waals surface area contributed by atoms with E-state index in [4.69, 9.17) is 0 Å². The summed E-state index contributed by atoms with van der Waals surface area (Å²) in [6, 6.07) is 0. The summed E-state index contributed by atoms with van der Waals surface area (Å²) >= 11 is 0. The number of carbonyl (C=O) groups excluding carboxylic acids is 1. The second-order valence-electron chi connectivity index (χ2n) is 2.98. The molecule has 0 saturated heterocycles. The van der Waals surface area contributed by atoms with E-state index in [1.165, 1.54) is 6.20 Å². The SMILES string of the molecule is CC#CCCNC(=O)c1cnc(C)cn1. The van der Waals surface area contributed by atoms with Gasteiger partial charge in [0.2, 0.25) is 0 Å². The van der Waals surface area contributed by atoms with Crippen molar-refractivity contribution in [3.05, 3.63) is 23.8 Å². The Morgan fingerprint density at radius 1 is 1.47 bits per heavy atom. The maximum atomic E-state index is 11.5. The molecule has 0 unspecified atom stereocenters. The smallest absolute Gasteiger partial charge is 0.271 e. The maximum Gasteiger partial charge on any atom is 0.271 e. The van der Waals surface area contributed by atoms with Crippen LogP contribution in [0.15, 0.2) is 12.4 Å². The van der Waals surface area contributed by atoms with Crippen molar-refractivity contribution in [3.63, 3.8) is 0 Å². The lowest BCUT2D eigenvalue weighted by molar-refractivity contribution is 0.0949. The Balaban J connectivity index is 2.46. The van der Waals surface area contributed by atoms with Crippen LogP contribution in [0.3, 0.4) is 0 Å². The molecule has 0 atom stereocenters. The molecule has 0 spiro atoms. The number of hydrogen-bond acceptors (Lipinski definition) is 3. The molecule has 4 nitrogen and oxygen atoms in total. The van der Waals surface area contributed by atoms with Gasteiger partial charge in [0.25, 0.3) is 5.91 Å². The molecule has 1 heterocycles. The minimum Gasteiger partial charge on any atom is -0.350 e. The van der Waals surface area contributed by atoms with Crippen LogP contribution in [0, 0.1) is 18.8 Å². The Labute approximate surface area is 89.1 Å². The number of amides is 1. The first-order valence-electron chi connectivity index (χ1n) is 4.70. The average molecular weight is 203 g/mol. The lowest BCUT2D eigenvalue weighted by Crippen LogP contribution is -2.25. The van der Waals surface area contributed by atoms with Crippen LogP contribution in [0.5, 0.6) is 0 Å². The molecule has 15 heavy (non-hydrogen) atoms. The first-order valence-corrected chi connectivity index (χ1v) is 4.70. The summed E-state index contributed by atoms with van der Waals surface area (Å²) in [6.45, 7) is 4.13. The van der Waals surface area contributed by atoms with Gasteiger partial charge in [-0.05, 0) is 13.8 Å². The lowest BCUT2D eigenvalue weighted by atomic mass is 10.3. The summed E-state index contributed by atoms with van der Waals surface area (Å²) < 4.78 is 0. The van der Waals surface area contributed by atoms with Gasteiger partial charge in [-0.25, -0.2) is 4.98 Å². The van der Waals surface area contributed by atoms with E-state index in [2.05, 4.69) is 27.1 Å². The fraction of sp³-hybridized carbons (Fsp3) is 0.364. The molecule has 1 aromatic heterocycles. The molecule has 0 aliphatic heterocycles. The van der Waals surface area contributed by atoms with E-state index in [9.17, 15) is 4.79 Å². The Bertz CT molecular complexity index is 387. The summed E-state index contributed by atoms with van der Waals surface area (Å²) in [5.41, 5.74) is 1.13. The Morgan fingerprint density at radius 3 is 2.87 bits per heavy atom. The Kier molecular flexibility index (Phi) is 4.30. The molecule has 0 fully saturated rings. The van der Waals surface area contributed by atoms with Gasteiger partial charge in [-0.1, -0.05) is 0 Å². The van der Waals surface area contributed by atoms with Crippen molar-refractivity contribution >= 4 is 5.91 Å². The van der Waals surface area contributed by atoms with E-state index in [1.54, 1.807) is 13.1 Å². The zero-order chi connectivity index (χ0) is 11.1. The molecule has 0 aliphatic rings. The van der Waals surface area contributed by atoms with Gasteiger partial charge < -0.3 is 5.32 Å². The zero-order valence-corrected chi connectivity index (χ0v) is 8.87. The number of rotatable bonds is 3. The average Bonchev–Trinajstić information content (AvgIpc) is 2.25. The van der Waals surface area contributed by atoms with Gasteiger partial charge >= 0.3 is 0 Å². The Morgan fingerprint density at radius 2 is 2.27 bits per heavy atom. The third-order valence-corrected chi connectivity index (χ3v) is 1.73. The highest BCUT2D eigenvalue weighted by molar-refractivity contribution is 5.91. The molecule has 1 aromatic rings. The molecular formula is C11H13N3O. The van der Waals surface area contributed by atoms with E-state index in [0.29, 0.717) is 18.7 Å². The monoisotopic (exact) mass is 203 g/mol. The van der Waals surface area contributed by atoms with Crippen LogP contribution < -0.4 is 5.32 Å². The number of carbonyl (C=O) groups is 1. The predicted molar refractivity (Wildman–Crippen MR) is 57.2 cm³/mol. The van der Waals surface area contributed by atoms with Gasteiger partial charge in [-0.2, -0.15) is 0 Å². The molecular weight excluding hydrogens is 190 g/mol. The third kappa shape index (κ3) is 3.77. The van der Waals surface area contributed by atoms with Gasteiger partial charge in [-0.15, -0.1) is 11.8 Å². The van der Waals surface area contributed by atoms with Crippen LogP contribution in [-0.4, -0.2) is 22.4 Å². The molecule has 0 radical (unpaired) electrons. The number of nitrogens with zero attached hydrogens (tertiary/aromatic N) is 2. The number of hydrogen-bond donors (Lipinski definition) is 1. The molecule has 0 saturated carbocycles. The molecule has 0 aliphatic carbocycles. The van der Waals surface area contributed by atoms with Gasteiger partial charge in [0, 0.05) is 19.2 Å². The summed E-state index contributed by atoms with van der Waals surface area (Å²) in [4.78, 5) is 19.4. The first kappa shape index (κ1) is 11.2. The van der Waals surface area contributed by atoms with Crippen LogP contribution in [0.25, 0.3) is 0 Å². The highest BCUT2D eigenvalue weighted by atomic mass is 16.1. The summed E-state index contributed by atoms with van der Waals surface area (Å²) in [5, 5.41) is 2.71. The molecule has 1 rings (SSSR count). The maximum absolute atomic E-state index is 11.5. The number of aromatic nitrogens is 2. The second-order valence-corrected chi connectivity index (χ2v) is 2.98. The van der Waals surface area contributed by atoms with Crippen molar-refractivity contribution in [2.75, 3.05) is 6.54 Å². The minimum atomic E-state index is -0.208. The van der Waals surface area contributed by atoms with E-state index in [0.717, 1.165) is 5.69 Å². The molecule has 1 N–H and O–H groups in total. The molecule has 78 valence electrons. The third-order valence-electron chi connectivity index (χ3n) is 1.73. The topological polar surface area (TPSA) is 54.9 Å². The van der Waals surface area contributed by atoms with Crippen molar-refractivity contribution in [1.82, 2.24) is 15.3 Å². The van der Waals surface area contributed by atoms with Crippen molar-refractivity contribution in [3.8, 4) is 11.8 Å². The first-order chi connectivity index (χ1) is 7.24. The number of nitrogens with one attached hydrogen (secondary N) is 1. The van der Waals surface area contributed by atoms with Crippen LogP contribution in [0.1, 0.15) is 29.5 Å². The van der Waals surface area contributed by atoms with Gasteiger partial charge in [-0.3, -0.25) is 9.78 Å². The second kappa shape index (κ2) is 5.76. The van der Waals surface area contributed by atoms with Gasteiger partial charge in [0.15, 0.2) is 0 Å². The van der Waals surface area contributed by atoms with Gasteiger partial charge in [0.05, 0.1) is 11.9 Å². The predicted octanol–water partition coefficient (Wildman–Crippen LogP) is 0.928. The molecule has 0 bridgehead atoms. The minimum absolute atomic E-state index is 0.208. The highest BCUT2D eigenvalue weighted by Crippen LogP contribution is 1.93. The molecule has 1 amide bonds. The summed E-state index contributed by atoms with van der Waals surface area (Å²) in [6.07, 6.45) is 3.69. The van der Waals surface area contributed by atoms with Crippen LogP contribution in [0.4, 0.5) is 0 Å². The largest absolute Gasteiger partial charge is 0.350 e. The molecule has 4 heteroatoms. The summed E-state index contributed by atoms with van der Waals surface area (Å²) in [5.74, 6) is 5.41. The quantitative estimate of drug-likeness (QED) is 0.587. The van der Waals surface area contributed by atoms with Crippen molar-refractivity contribution in [2.45, 2.75) is 20.3 Å². The fourth-order valence-electron chi connectivity index (χ4n) is 0.964. The molecule has 0 aromatic carbocycles. The number of aryl methyl sites for hydroxylation is 1. The van der Waals surface area contributed by atoms with E-state index < -0.39 is 0 Å². The van der Waals surface area contributed by atoms with Crippen molar-refractivity contribution < 1.29 is 4.79 Å². The Hall–Kier alpha value is -1.89. The van der Waals surface area contributed by atoms with E-state index in [1.807, 2.05) is 6.92 Å². The lowest BCUT2D eigenvalue weighted by Gasteiger charge is -2.01. The highest BCUT2D eigenvalue weighted by Gasteiger charge is 2.05. The summed E-state index contributed by atoms with van der Waals surface area (Å²) in [7, 11) is 0. The van der Waals surface area contributed by atoms with Gasteiger partial charge in [0.1, 0.15) is 5.69 Å². The van der Waals surface area contributed by atoms with E-state index in [-0.39, 0.29) is 5.91 Å². The normalized spacial score (nSPS) is 8.93.